The minimum Gasteiger partial charge on any atom is -0.316 e. The monoisotopic (exact) mass is 279 g/mol. The Hall–Kier alpha value is -0.120. The second kappa shape index (κ2) is 6.76. The van der Waals surface area contributed by atoms with Gasteiger partial charge in [-0.15, -0.1) is 0 Å². The summed E-state index contributed by atoms with van der Waals surface area (Å²) in [7, 11) is 0. The standard InChI is InChI=1S/C17H33N3/c1-2-18-14-17(8-4-3-5-9-17)15-19-11-12-20-10-6-7-16(20)13-19/h16,18H,2-15H2,1H3. The van der Waals surface area contributed by atoms with E-state index in [0.29, 0.717) is 5.41 Å². The highest BCUT2D eigenvalue weighted by molar-refractivity contribution is 4.92. The molecule has 1 unspecified atom stereocenters. The number of piperazine rings is 1. The molecule has 3 aliphatic rings. The van der Waals surface area contributed by atoms with Crippen LogP contribution in [0.4, 0.5) is 0 Å². The van der Waals surface area contributed by atoms with Crippen LogP contribution >= 0.6 is 0 Å². The number of fused-ring (bicyclic) bond motifs is 1. The van der Waals surface area contributed by atoms with Gasteiger partial charge in [0.25, 0.3) is 0 Å². The van der Waals surface area contributed by atoms with Crippen molar-refractivity contribution in [3.8, 4) is 0 Å². The van der Waals surface area contributed by atoms with Gasteiger partial charge in [-0.25, -0.2) is 0 Å². The van der Waals surface area contributed by atoms with Crippen molar-refractivity contribution in [2.45, 2.75) is 57.9 Å². The Balaban J connectivity index is 1.57. The molecule has 0 aromatic carbocycles. The van der Waals surface area contributed by atoms with Crippen LogP contribution in [0.1, 0.15) is 51.9 Å². The molecule has 2 saturated heterocycles. The van der Waals surface area contributed by atoms with E-state index in [1.807, 2.05) is 0 Å². The predicted molar refractivity (Wildman–Crippen MR) is 85.1 cm³/mol. The summed E-state index contributed by atoms with van der Waals surface area (Å²) in [5.41, 5.74) is 0.578. The molecule has 0 amide bonds. The molecule has 0 radical (unpaired) electrons. The van der Waals surface area contributed by atoms with Crippen LogP contribution in [-0.4, -0.2) is 61.7 Å². The van der Waals surface area contributed by atoms with E-state index in [-0.39, 0.29) is 0 Å². The summed E-state index contributed by atoms with van der Waals surface area (Å²) < 4.78 is 0. The fourth-order valence-electron chi connectivity index (χ4n) is 4.76. The van der Waals surface area contributed by atoms with Crippen LogP contribution in [0, 0.1) is 5.41 Å². The van der Waals surface area contributed by atoms with Crippen LogP contribution in [0.3, 0.4) is 0 Å². The average Bonchev–Trinajstić information content (AvgIpc) is 2.94. The molecule has 3 fully saturated rings. The lowest BCUT2D eigenvalue weighted by atomic mass is 9.73. The van der Waals surface area contributed by atoms with Crippen LogP contribution in [0.2, 0.25) is 0 Å². The lowest BCUT2D eigenvalue weighted by molar-refractivity contribution is 0.0468. The van der Waals surface area contributed by atoms with Gasteiger partial charge in [0, 0.05) is 38.8 Å². The van der Waals surface area contributed by atoms with Crippen molar-refractivity contribution in [2.24, 2.45) is 5.41 Å². The van der Waals surface area contributed by atoms with E-state index in [1.54, 1.807) is 0 Å². The highest BCUT2D eigenvalue weighted by Crippen LogP contribution is 2.37. The molecule has 3 rings (SSSR count). The Morgan fingerprint density at radius 2 is 1.90 bits per heavy atom. The molecule has 3 nitrogen and oxygen atoms in total. The zero-order valence-electron chi connectivity index (χ0n) is 13.4. The molecule has 20 heavy (non-hydrogen) atoms. The maximum atomic E-state index is 3.66. The van der Waals surface area contributed by atoms with Crippen LogP contribution < -0.4 is 5.32 Å². The maximum absolute atomic E-state index is 3.66. The van der Waals surface area contributed by atoms with Gasteiger partial charge in [0.1, 0.15) is 0 Å². The quantitative estimate of drug-likeness (QED) is 0.833. The SMILES string of the molecule is CCNCC1(CN2CCN3CCCC3C2)CCCCC1. The average molecular weight is 279 g/mol. The van der Waals surface area contributed by atoms with Crippen molar-refractivity contribution >= 4 is 0 Å². The normalized spacial score (nSPS) is 31.4. The molecule has 116 valence electrons. The third-order valence-corrected chi connectivity index (χ3v) is 5.89. The van der Waals surface area contributed by atoms with E-state index >= 15 is 0 Å². The fraction of sp³-hybridized carbons (Fsp3) is 1.00. The van der Waals surface area contributed by atoms with Gasteiger partial charge in [0.05, 0.1) is 0 Å². The van der Waals surface area contributed by atoms with E-state index in [4.69, 9.17) is 0 Å². The minimum absolute atomic E-state index is 0.578. The largest absolute Gasteiger partial charge is 0.316 e. The maximum Gasteiger partial charge on any atom is 0.0224 e. The molecular weight excluding hydrogens is 246 g/mol. The Bertz CT molecular complexity index is 299. The Morgan fingerprint density at radius 1 is 1.05 bits per heavy atom. The van der Waals surface area contributed by atoms with Crippen molar-refractivity contribution in [3.05, 3.63) is 0 Å². The molecule has 0 aromatic heterocycles. The van der Waals surface area contributed by atoms with Gasteiger partial charge in [-0.3, -0.25) is 9.80 Å². The zero-order chi connectivity index (χ0) is 13.8. The lowest BCUT2D eigenvalue weighted by Gasteiger charge is -2.45. The molecule has 0 bridgehead atoms. The summed E-state index contributed by atoms with van der Waals surface area (Å²) >= 11 is 0. The van der Waals surface area contributed by atoms with E-state index < -0.39 is 0 Å². The van der Waals surface area contributed by atoms with Crippen molar-refractivity contribution < 1.29 is 0 Å². The molecule has 0 spiro atoms. The molecule has 0 aromatic rings. The Kier molecular flexibility index (Phi) is 5.00. The van der Waals surface area contributed by atoms with Crippen molar-refractivity contribution in [1.82, 2.24) is 15.1 Å². The third-order valence-electron chi connectivity index (χ3n) is 5.89. The molecule has 1 N–H and O–H groups in total. The summed E-state index contributed by atoms with van der Waals surface area (Å²) in [6, 6.07) is 0.878. The number of hydrogen-bond acceptors (Lipinski definition) is 3. The molecule has 3 heteroatoms. The van der Waals surface area contributed by atoms with E-state index in [9.17, 15) is 0 Å². The molecule has 2 aliphatic heterocycles. The zero-order valence-corrected chi connectivity index (χ0v) is 13.4. The summed E-state index contributed by atoms with van der Waals surface area (Å²) in [5, 5.41) is 3.66. The predicted octanol–water partition coefficient (Wildman–Crippen LogP) is 2.33. The van der Waals surface area contributed by atoms with Crippen molar-refractivity contribution in [1.29, 1.82) is 0 Å². The van der Waals surface area contributed by atoms with Gasteiger partial charge in [0.15, 0.2) is 0 Å². The van der Waals surface area contributed by atoms with Crippen molar-refractivity contribution in [3.63, 3.8) is 0 Å². The van der Waals surface area contributed by atoms with E-state index in [2.05, 4.69) is 22.0 Å². The first-order valence-corrected chi connectivity index (χ1v) is 8.98. The number of nitrogens with zero attached hydrogens (tertiary/aromatic N) is 2. The summed E-state index contributed by atoms with van der Waals surface area (Å²) in [6.45, 7) is 11.3. The molecule has 1 saturated carbocycles. The molecule has 1 aliphatic carbocycles. The van der Waals surface area contributed by atoms with E-state index in [0.717, 1.165) is 12.6 Å². The number of hydrogen-bond donors (Lipinski definition) is 1. The molecular formula is C17H33N3. The van der Waals surface area contributed by atoms with E-state index in [1.165, 1.54) is 84.2 Å². The molecule has 1 atom stereocenters. The van der Waals surface area contributed by atoms with Crippen LogP contribution in [0.25, 0.3) is 0 Å². The first kappa shape index (κ1) is 14.8. The number of nitrogens with one attached hydrogen (secondary N) is 1. The smallest absolute Gasteiger partial charge is 0.0224 e. The van der Waals surface area contributed by atoms with Crippen molar-refractivity contribution in [2.75, 3.05) is 45.8 Å². The molecule has 2 heterocycles. The number of rotatable bonds is 5. The van der Waals surface area contributed by atoms with Crippen LogP contribution in [0.5, 0.6) is 0 Å². The first-order valence-electron chi connectivity index (χ1n) is 8.98. The van der Waals surface area contributed by atoms with Crippen LogP contribution in [-0.2, 0) is 0 Å². The highest BCUT2D eigenvalue weighted by Gasteiger charge is 2.37. The Morgan fingerprint density at radius 3 is 2.70 bits per heavy atom. The summed E-state index contributed by atoms with van der Waals surface area (Å²) in [6.07, 6.45) is 10.1. The van der Waals surface area contributed by atoms with Gasteiger partial charge in [-0.05, 0) is 44.2 Å². The highest BCUT2D eigenvalue weighted by atomic mass is 15.3. The third kappa shape index (κ3) is 3.37. The minimum atomic E-state index is 0.578. The van der Waals surface area contributed by atoms with Gasteiger partial charge in [0.2, 0.25) is 0 Å². The van der Waals surface area contributed by atoms with Gasteiger partial charge in [-0.1, -0.05) is 26.2 Å². The van der Waals surface area contributed by atoms with Gasteiger partial charge >= 0.3 is 0 Å². The van der Waals surface area contributed by atoms with Gasteiger partial charge in [-0.2, -0.15) is 0 Å². The van der Waals surface area contributed by atoms with Gasteiger partial charge < -0.3 is 5.32 Å². The second-order valence-corrected chi connectivity index (χ2v) is 7.41. The topological polar surface area (TPSA) is 18.5 Å². The second-order valence-electron chi connectivity index (χ2n) is 7.41. The summed E-state index contributed by atoms with van der Waals surface area (Å²) in [4.78, 5) is 5.53. The lowest BCUT2D eigenvalue weighted by Crippen LogP contribution is -2.54. The first-order chi connectivity index (χ1) is 9.81. The fourth-order valence-corrected chi connectivity index (χ4v) is 4.76. The van der Waals surface area contributed by atoms with Crippen LogP contribution in [0.15, 0.2) is 0 Å². The Labute approximate surface area is 125 Å². The summed E-state index contributed by atoms with van der Waals surface area (Å²) in [5.74, 6) is 0.